The Bertz CT molecular complexity index is 3900. The van der Waals surface area contributed by atoms with E-state index in [4.69, 9.17) is 0 Å². The van der Waals surface area contributed by atoms with Gasteiger partial charge in [0.25, 0.3) is 0 Å². The Morgan fingerprint density at radius 3 is 0.267 bits per heavy atom. The molecule has 0 bridgehead atoms. The average molecular weight is 1550 g/mol. The van der Waals surface area contributed by atoms with E-state index >= 15 is 0 Å². The summed E-state index contributed by atoms with van der Waals surface area (Å²) in [5.74, 6) is 0. The molecule has 0 aliphatic heterocycles. The van der Waals surface area contributed by atoms with Crippen molar-refractivity contribution in [1.29, 1.82) is 0 Å². The molecule has 0 atom stereocenters. The zero-order valence-corrected chi connectivity index (χ0v) is 65.5. The van der Waals surface area contributed by atoms with Gasteiger partial charge in [0.15, 0.2) is 0 Å². The summed E-state index contributed by atoms with van der Waals surface area (Å²) >= 11 is 0. The van der Waals surface area contributed by atoms with E-state index in [-0.39, 0.29) is 36.3 Å². The molecule has 0 fully saturated rings. The van der Waals surface area contributed by atoms with Gasteiger partial charge in [-0.1, -0.05) is 485 Å². The van der Waals surface area contributed by atoms with Crippen LogP contribution in [0.25, 0.3) is 0 Å². The van der Waals surface area contributed by atoms with Gasteiger partial charge in [-0.2, -0.15) is 0 Å². The van der Waals surface area contributed by atoms with Crippen LogP contribution in [0.3, 0.4) is 0 Å². The molecule has 0 aliphatic rings. The van der Waals surface area contributed by atoms with Crippen molar-refractivity contribution in [3.63, 3.8) is 0 Å². The zero-order valence-electron chi connectivity index (χ0n) is 58.6. The fourth-order valence-electron chi connectivity index (χ4n) is 12.2. The standard InChI is InChI=1S/C26H24P2.4C18H15P.Pd/c1-5-13-23(14-6-1)27(24-15-7-2-8-16-24)21-22-28(25-17-9-3-10-18-25)26-19-11-4-12-20-26;4*1-4-10-16(11-5-1)19(17-12-6-2-7-13-17)18-14-8-3-9-15-18;/h1-20H,21-22H2;4*1-15H;. The summed E-state index contributed by atoms with van der Waals surface area (Å²) in [6, 6.07) is 174. The molecule has 0 unspecified atom stereocenters. The minimum Gasteiger partial charge on any atom is -0.0622 e. The second kappa shape index (κ2) is 43.3. The van der Waals surface area contributed by atoms with Crippen molar-refractivity contribution in [3.05, 3.63) is 485 Å². The first-order chi connectivity index (χ1) is 51.7. The first kappa shape index (κ1) is 76.9. The van der Waals surface area contributed by atoms with E-state index in [1.165, 1.54) is 97.2 Å². The first-order valence-corrected chi connectivity index (χ1v) is 43.7. The molecule has 0 radical (unpaired) electrons. The predicted molar refractivity (Wildman–Crippen MR) is 468 cm³/mol. The Morgan fingerprint density at radius 1 is 0.105 bits per heavy atom. The Kier molecular flexibility index (Phi) is 31.7. The van der Waals surface area contributed by atoms with E-state index in [0.29, 0.717) is 0 Å². The van der Waals surface area contributed by atoms with Crippen LogP contribution >= 0.6 is 47.5 Å². The summed E-state index contributed by atoms with van der Waals surface area (Å²) < 4.78 is 0. The van der Waals surface area contributed by atoms with E-state index in [2.05, 4.69) is 485 Å². The van der Waals surface area contributed by atoms with Crippen LogP contribution in [0.4, 0.5) is 0 Å². The van der Waals surface area contributed by atoms with Gasteiger partial charge < -0.3 is 0 Å². The summed E-state index contributed by atoms with van der Waals surface area (Å²) in [6.45, 7) is 0. The van der Waals surface area contributed by atoms with Gasteiger partial charge in [-0.05, 0) is 145 Å². The van der Waals surface area contributed by atoms with Crippen LogP contribution in [-0.4, -0.2) is 12.3 Å². The molecule has 105 heavy (non-hydrogen) atoms. The maximum Gasteiger partial charge on any atom is 0 e. The molecule has 0 aliphatic carbocycles. The molecule has 0 aromatic heterocycles. The number of rotatable bonds is 19. The second-order valence-corrected chi connectivity index (χ2v) is 37.6. The van der Waals surface area contributed by atoms with E-state index in [1.807, 2.05) is 0 Å². The van der Waals surface area contributed by atoms with Crippen molar-refractivity contribution in [2.45, 2.75) is 0 Å². The van der Waals surface area contributed by atoms with Crippen molar-refractivity contribution in [3.8, 4) is 0 Å². The zero-order chi connectivity index (χ0) is 70.7. The van der Waals surface area contributed by atoms with Crippen LogP contribution in [0.1, 0.15) is 0 Å². The van der Waals surface area contributed by atoms with Crippen LogP contribution in [0.2, 0.25) is 0 Å². The van der Waals surface area contributed by atoms with Gasteiger partial charge in [-0.15, -0.1) is 0 Å². The smallest absolute Gasteiger partial charge is 0 e. The molecule has 0 heterocycles. The van der Waals surface area contributed by atoms with Gasteiger partial charge in [0, 0.05) is 20.4 Å². The van der Waals surface area contributed by atoms with Crippen molar-refractivity contribution in [2.75, 3.05) is 12.3 Å². The van der Waals surface area contributed by atoms with Crippen LogP contribution in [0.15, 0.2) is 485 Å². The molecular formula is C98H84P6Pd. The third-order valence-corrected chi connectivity index (χ3v) is 32.1. The van der Waals surface area contributed by atoms with Gasteiger partial charge in [-0.25, -0.2) is 0 Å². The molecule has 16 rings (SSSR count). The van der Waals surface area contributed by atoms with Crippen LogP contribution in [-0.2, 0) is 20.4 Å². The minimum atomic E-state index is -0.446. The van der Waals surface area contributed by atoms with E-state index in [1.54, 1.807) is 0 Å². The second-order valence-electron chi connectivity index (χ2n) is 24.0. The largest absolute Gasteiger partial charge is 0.0622 e. The average Bonchev–Trinajstić information content (AvgIpc) is 0.680. The fourth-order valence-corrected chi connectivity index (χ4v) is 26.7. The van der Waals surface area contributed by atoms with Crippen molar-refractivity contribution < 1.29 is 20.4 Å². The molecule has 0 saturated carbocycles. The van der Waals surface area contributed by atoms with Crippen LogP contribution in [0.5, 0.6) is 0 Å². The molecule has 0 N–H and O–H groups in total. The summed E-state index contributed by atoms with van der Waals surface area (Å²) in [5, 5.41) is 22.7. The maximum atomic E-state index is 2.30. The number of hydrogen-bond donors (Lipinski definition) is 0. The monoisotopic (exact) mass is 1550 g/mol. The number of hydrogen-bond acceptors (Lipinski definition) is 0. The normalized spacial score (nSPS) is 10.6. The quantitative estimate of drug-likeness (QED) is 0.0559. The summed E-state index contributed by atoms with van der Waals surface area (Å²) in [6.07, 6.45) is 2.41. The number of benzene rings is 16. The Labute approximate surface area is 645 Å². The molecule has 0 nitrogen and oxygen atoms in total. The molecular weight excluding hydrogens is 1470 g/mol. The molecule has 7 heteroatoms. The van der Waals surface area contributed by atoms with Gasteiger partial charge in [-0.3, -0.25) is 0 Å². The molecule has 516 valence electrons. The summed E-state index contributed by atoms with van der Waals surface area (Å²) in [4.78, 5) is 0. The summed E-state index contributed by atoms with van der Waals surface area (Å²) in [7, 11) is -2.48. The molecule has 16 aromatic rings. The topological polar surface area (TPSA) is 0 Å². The van der Waals surface area contributed by atoms with Crippen molar-refractivity contribution in [2.24, 2.45) is 0 Å². The molecule has 0 spiro atoms. The van der Waals surface area contributed by atoms with Gasteiger partial charge in [0.2, 0.25) is 0 Å². The SMILES string of the molecule is [Pd].c1ccc(P(CCP(c2ccccc2)c2ccccc2)c2ccccc2)cc1.c1ccc(P(c2ccccc2)c2ccccc2)cc1.c1ccc(P(c2ccccc2)c2ccccc2)cc1.c1ccc(P(c2ccccc2)c2ccccc2)cc1.c1ccc(P(c2ccccc2)c2ccccc2)cc1. The van der Waals surface area contributed by atoms with Crippen molar-refractivity contribution >= 4 is 132 Å². The minimum absolute atomic E-state index is 0. The Morgan fingerprint density at radius 2 is 0.181 bits per heavy atom. The van der Waals surface area contributed by atoms with Crippen molar-refractivity contribution in [1.82, 2.24) is 0 Å². The first-order valence-electron chi connectivity index (χ1n) is 35.3. The Hall–Kier alpha value is -9.24. The van der Waals surface area contributed by atoms with Gasteiger partial charge in [0.1, 0.15) is 0 Å². The molecule has 0 amide bonds. The fraction of sp³-hybridized carbons (Fsp3) is 0.0204. The molecule has 0 saturated heterocycles. The maximum absolute atomic E-state index is 2.30. The third-order valence-electron chi connectivity index (χ3n) is 17.0. The van der Waals surface area contributed by atoms with Gasteiger partial charge >= 0.3 is 0 Å². The molecule has 16 aromatic carbocycles. The summed E-state index contributed by atoms with van der Waals surface area (Å²) in [5.41, 5.74) is 0. The van der Waals surface area contributed by atoms with E-state index in [0.717, 1.165) is 0 Å². The third kappa shape index (κ3) is 23.1. The predicted octanol–water partition coefficient (Wildman–Crippen LogP) is 19.0. The van der Waals surface area contributed by atoms with E-state index < -0.39 is 31.7 Å². The van der Waals surface area contributed by atoms with Crippen LogP contribution in [0, 0.1) is 0 Å². The van der Waals surface area contributed by atoms with Crippen LogP contribution < -0.4 is 84.9 Å². The Balaban J connectivity index is 0.000000132. The van der Waals surface area contributed by atoms with E-state index in [9.17, 15) is 0 Å². The van der Waals surface area contributed by atoms with Gasteiger partial charge in [0.05, 0.1) is 0 Å².